The average Bonchev–Trinajstić information content (AvgIpc) is 2.68. The molecule has 0 fully saturated rings. The van der Waals surface area contributed by atoms with Gasteiger partial charge in [-0.25, -0.2) is 0 Å². The van der Waals surface area contributed by atoms with E-state index in [4.69, 9.17) is 0 Å². The molecular weight excluding hydrogens is 409 g/mol. The molecule has 2 heteroatoms. The number of pyridine rings is 1. The molecule has 0 aliphatic heterocycles. The van der Waals surface area contributed by atoms with Crippen LogP contribution in [0, 0.1) is 0 Å². The summed E-state index contributed by atoms with van der Waals surface area (Å²) >= 11 is -2.27. The third-order valence-electron chi connectivity index (χ3n) is 5.48. The minimum atomic E-state index is -2.27. The van der Waals surface area contributed by atoms with Crippen LogP contribution in [0.25, 0.3) is 11.3 Å². The number of benzene rings is 1. The first kappa shape index (κ1) is 20.5. The van der Waals surface area contributed by atoms with Crippen molar-refractivity contribution in [2.75, 3.05) is 0 Å². The van der Waals surface area contributed by atoms with Crippen LogP contribution in [0.1, 0.15) is 59.3 Å². The average molecular weight is 444 g/mol. The van der Waals surface area contributed by atoms with Gasteiger partial charge < -0.3 is 0 Å². The summed E-state index contributed by atoms with van der Waals surface area (Å²) in [5.74, 6) is 0. The van der Waals surface area contributed by atoms with Crippen molar-refractivity contribution in [2.45, 2.75) is 72.6 Å². The van der Waals surface area contributed by atoms with E-state index in [1.54, 1.807) is 3.58 Å². The Morgan fingerprint density at radius 1 is 0.720 bits per heavy atom. The third-order valence-corrected chi connectivity index (χ3v) is 21.2. The number of nitrogens with zero attached hydrogens (tertiary/aromatic N) is 1. The van der Waals surface area contributed by atoms with E-state index in [0.717, 1.165) is 5.69 Å². The van der Waals surface area contributed by atoms with Gasteiger partial charge in [-0.1, -0.05) is 0 Å². The topological polar surface area (TPSA) is 12.9 Å². The second-order valence-electron chi connectivity index (χ2n) is 7.38. The van der Waals surface area contributed by atoms with Gasteiger partial charge >= 0.3 is 159 Å². The SMILES string of the molecule is CCC[CH2][Sn]([CH2]CCC)([CH2]CCC)[c]1ccc(-c2ccccn2)cc1. The van der Waals surface area contributed by atoms with Gasteiger partial charge in [0.1, 0.15) is 0 Å². The van der Waals surface area contributed by atoms with Crippen molar-refractivity contribution in [1.29, 1.82) is 0 Å². The molecule has 0 radical (unpaired) electrons. The Labute approximate surface area is 159 Å². The van der Waals surface area contributed by atoms with E-state index >= 15 is 0 Å². The predicted molar refractivity (Wildman–Crippen MR) is 114 cm³/mol. The molecule has 1 heterocycles. The molecule has 2 aromatic rings. The molecule has 136 valence electrons. The van der Waals surface area contributed by atoms with Crippen molar-refractivity contribution < 1.29 is 0 Å². The van der Waals surface area contributed by atoms with E-state index in [1.165, 1.54) is 57.4 Å². The molecule has 1 aromatic heterocycles. The van der Waals surface area contributed by atoms with Crippen molar-refractivity contribution >= 4 is 22.0 Å². The quantitative estimate of drug-likeness (QED) is 0.347. The van der Waals surface area contributed by atoms with Gasteiger partial charge in [-0.05, 0) is 0 Å². The normalized spacial score (nSPS) is 11.6. The zero-order valence-electron chi connectivity index (χ0n) is 16.4. The Morgan fingerprint density at radius 3 is 1.72 bits per heavy atom. The molecule has 0 unspecified atom stereocenters. The predicted octanol–water partition coefficient (Wildman–Crippen LogP) is 6.80. The van der Waals surface area contributed by atoms with Crippen LogP contribution in [0.2, 0.25) is 13.3 Å². The summed E-state index contributed by atoms with van der Waals surface area (Å²) in [7, 11) is 0. The molecule has 2 rings (SSSR count). The Morgan fingerprint density at radius 2 is 1.28 bits per heavy atom. The summed E-state index contributed by atoms with van der Waals surface area (Å²) in [4.78, 5) is 4.51. The van der Waals surface area contributed by atoms with Crippen molar-refractivity contribution in [2.24, 2.45) is 0 Å². The van der Waals surface area contributed by atoms with Crippen LogP contribution in [-0.2, 0) is 0 Å². The number of rotatable bonds is 11. The molecular formula is C23H35NSn. The van der Waals surface area contributed by atoms with Crippen molar-refractivity contribution in [3.05, 3.63) is 48.7 Å². The first-order chi connectivity index (χ1) is 12.3. The molecule has 0 N–H and O–H groups in total. The van der Waals surface area contributed by atoms with Gasteiger partial charge in [0.25, 0.3) is 0 Å². The molecule has 0 aliphatic carbocycles. The first-order valence-electron chi connectivity index (χ1n) is 10.3. The Hall–Kier alpha value is -0.831. The molecule has 1 nitrogen and oxygen atoms in total. The van der Waals surface area contributed by atoms with Crippen LogP contribution < -0.4 is 3.58 Å². The number of hydrogen-bond acceptors (Lipinski definition) is 1. The maximum absolute atomic E-state index is 4.51. The maximum atomic E-state index is 4.51. The van der Waals surface area contributed by atoms with E-state index in [2.05, 4.69) is 62.2 Å². The first-order valence-corrected chi connectivity index (χ1v) is 17.8. The van der Waals surface area contributed by atoms with E-state index in [1.807, 2.05) is 12.3 Å². The monoisotopic (exact) mass is 445 g/mol. The minimum absolute atomic E-state index is 1.09. The molecule has 0 saturated heterocycles. The summed E-state index contributed by atoms with van der Waals surface area (Å²) < 4.78 is 6.36. The van der Waals surface area contributed by atoms with Gasteiger partial charge in [0.15, 0.2) is 0 Å². The second kappa shape index (κ2) is 11.0. The summed E-state index contributed by atoms with van der Waals surface area (Å²) in [6.45, 7) is 7.04. The van der Waals surface area contributed by atoms with E-state index in [0.29, 0.717) is 0 Å². The van der Waals surface area contributed by atoms with Gasteiger partial charge in [-0.2, -0.15) is 0 Å². The summed E-state index contributed by atoms with van der Waals surface area (Å²) in [5.41, 5.74) is 2.34. The standard InChI is InChI=1S/C11H8N.3C4H9.Sn/c1-2-6-10(7-3-1)11-8-4-5-9-12-11;3*1-3-4-2;/h2-9H;3*1,3-4H2,2H3;. The second-order valence-corrected chi connectivity index (χ2v) is 20.6. The molecule has 0 bridgehead atoms. The molecule has 0 saturated carbocycles. The third kappa shape index (κ3) is 5.84. The van der Waals surface area contributed by atoms with Gasteiger partial charge in [0.05, 0.1) is 0 Å². The van der Waals surface area contributed by atoms with Crippen LogP contribution in [0.3, 0.4) is 0 Å². The van der Waals surface area contributed by atoms with Crippen molar-refractivity contribution in [3.63, 3.8) is 0 Å². The fourth-order valence-electron chi connectivity index (χ4n) is 3.88. The summed E-state index contributed by atoms with van der Waals surface area (Å²) in [6, 6.07) is 15.8. The Balaban J connectivity index is 2.30. The molecule has 1 aromatic carbocycles. The number of aromatic nitrogens is 1. The van der Waals surface area contributed by atoms with Gasteiger partial charge in [-0.15, -0.1) is 0 Å². The zero-order chi connectivity index (χ0) is 18.0. The fraction of sp³-hybridized carbons (Fsp3) is 0.522. The van der Waals surface area contributed by atoms with Crippen LogP contribution >= 0.6 is 0 Å². The van der Waals surface area contributed by atoms with Crippen molar-refractivity contribution in [3.8, 4) is 11.3 Å². The molecule has 25 heavy (non-hydrogen) atoms. The molecule has 0 amide bonds. The summed E-state index contributed by atoms with van der Waals surface area (Å²) in [5, 5.41) is 0. The van der Waals surface area contributed by atoms with E-state index in [9.17, 15) is 0 Å². The van der Waals surface area contributed by atoms with E-state index in [-0.39, 0.29) is 0 Å². The zero-order valence-corrected chi connectivity index (χ0v) is 19.3. The Kier molecular flexibility index (Phi) is 9.01. The number of hydrogen-bond donors (Lipinski definition) is 0. The van der Waals surface area contributed by atoms with Crippen molar-refractivity contribution in [1.82, 2.24) is 4.98 Å². The molecule has 0 atom stereocenters. The van der Waals surface area contributed by atoms with Gasteiger partial charge in [0, 0.05) is 0 Å². The van der Waals surface area contributed by atoms with Crippen LogP contribution in [0.5, 0.6) is 0 Å². The van der Waals surface area contributed by atoms with Crippen LogP contribution in [-0.4, -0.2) is 23.4 Å². The molecule has 0 spiro atoms. The van der Waals surface area contributed by atoms with Crippen LogP contribution in [0.15, 0.2) is 48.7 Å². The fourth-order valence-corrected chi connectivity index (χ4v) is 19.8. The van der Waals surface area contributed by atoms with Gasteiger partial charge in [0.2, 0.25) is 0 Å². The van der Waals surface area contributed by atoms with Gasteiger partial charge in [-0.3, -0.25) is 0 Å². The Bertz CT molecular complexity index is 569. The molecule has 0 aliphatic rings. The van der Waals surface area contributed by atoms with Crippen LogP contribution in [0.4, 0.5) is 0 Å². The summed E-state index contributed by atoms with van der Waals surface area (Å²) in [6.07, 6.45) is 10.2. The number of unbranched alkanes of at least 4 members (excludes halogenated alkanes) is 3. The van der Waals surface area contributed by atoms with E-state index < -0.39 is 18.4 Å².